The van der Waals surface area contributed by atoms with Crippen molar-refractivity contribution in [1.82, 2.24) is 0 Å². The second-order valence-corrected chi connectivity index (χ2v) is 3.39. The molecule has 1 aromatic rings. The first-order valence-electron chi connectivity index (χ1n) is 4.58. The molecule has 0 aliphatic heterocycles. The molecule has 1 aromatic carbocycles. The molecule has 0 aromatic heterocycles. The summed E-state index contributed by atoms with van der Waals surface area (Å²) in [5, 5.41) is 9.47. The molecule has 0 unspecified atom stereocenters. The highest BCUT2D eigenvalue weighted by molar-refractivity contribution is 5.15. The average molecular weight is 176 g/mol. The summed E-state index contributed by atoms with van der Waals surface area (Å²) in [5.74, 6) is 0.236. The Morgan fingerprint density at radius 3 is 2.54 bits per heavy atom. The zero-order valence-corrected chi connectivity index (χ0v) is 7.98. The van der Waals surface area contributed by atoms with E-state index in [0.29, 0.717) is 0 Å². The summed E-state index contributed by atoms with van der Waals surface area (Å²) in [7, 11) is 0. The summed E-state index contributed by atoms with van der Waals surface area (Å²) < 4.78 is 0. The van der Waals surface area contributed by atoms with Crippen LogP contribution >= 0.6 is 0 Å². The second-order valence-electron chi connectivity index (χ2n) is 3.39. The molecule has 1 rings (SSSR count). The van der Waals surface area contributed by atoms with Gasteiger partial charge in [-0.1, -0.05) is 43.3 Å². The zero-order valence-electron chi connectivity index (χ0n) is 7.98. The maximum atomic E-state index is 9.47. The summed E-state index contributed by atoms with van der Waals surface area (Å²) in [4.78, 5) is 0. The molecule has 1 heteroatoms. The third-order valence-corrected chi connectivity index (χ3v) is 2.23. The maximum Gasteiger partial charge on any atom is 0.0746 e. The van der Waals surface area contributed by atoms with Gasteiger partial charge in [0.25, 0.3) is 0 Å². The predicted octanol–water partition coefficient (Wildman–Crippen LogP) is 2.41. The number of hydrogen-bond acceptors (Lipinski definition) is 1. The normalized spacial score (nSPS) is 14.9. The minimum absolute atomic E-state index is 0.236. The van der Waals surface area contributed by atoms with Gasteiger partial charge in [-0.15, -0.1) is 6.58 Å². The Kier molecular flexibility index (Phi) is 3.71. The van der Waals surface area contributed by atoms with Crippen LogP contribution in [0.3, 0.4) is 0 Å². The Balaban J connectivity index is 2.54. The number of benzene rings is 1. The van der Waals surface area contributed by atoms with Crippen molar-refractivity contribution in [2.75, 3.05) is 0 Å². The summed E-state index contributed by atoms with van der Waals surface area (Å²) in [6, 6.07) is 10.2. The van der Waals surface area contributed by atoms with Crippen molar-refractivity contribution in [3.63, 3.8) is 0 Å². The van der Waals surface area contributed by atoms with E-state index in [1.807, 2.05) is 25.1 Å². The molecule has 2 atom stereocenters. The van der Waals surface area contributed by atoms with E-state index < -0.39 is 6.10 Å². The van der Waals surface area contributed by atoms with Gasteiger partial charge in [0, 0.05) is 0 Å². The van der Waals surface area contributed by atoms with E-state index in [9.17, 15) is 5.11 Å². The van der Waals surface area contributed by atoms with Crippen molar-refractivity contribution >= 4 is 0 Å². The van der Waals surface area contributed by atoms with Gasteiger partial charge in [0.1, 0.15) is 0 Å². The van der Waals surface area contributed by atoms with Gasteiger partial charge in [0.05, 0.1) is 6.10 Å². The minimum atomic E-state index is -0.403. The van der Waals surface area contributed by atoms with E-state index >= 15 is 0 Å². The number of aliphatic hydroxyl groups excluding tert-OH is 1. The first kappa shape index (κ1) is 10.0. The smallest absolute Gasteiger partial charge is 0.0746 e. The first-order chi connectivity index (χ1) is 6.24. The van der Waals surface area contributed by atoms with Crippen molar-refractivity contribution in [3.05, 3.63) is 48.6 Å². The van der Waals surface area contributed by atoms with Crippen LogP contribution < -0.4 is 0 Å². The highest BCUT2D eigenvalue weighted by atomic mass is 16.3. The third-order valence-electron chi connectivity index (χ3n) is 2.23. The lowest BCUT2D eigenvalue weighted by Gasteiger charge is -2.14. The van der Waals surface area contributed by atoms with Crippen LogP contribution in [0.2, 0.25) is 0 Å². The SMILES string of the molecule is C=C[C@@H](O)[C@@H](C)Cc1ccccc1. The maximum absolute atomic E-state index is 9.47. The van der Waals surface area contributed by atoms with E-state index in [1.54, 1.807) is 6.08 Å². The Bertz CT molecular complexity index is 253. The van der Waals surface area contributed by atoms with E-state index in [1.165, 1.54) is 5.56 Å². The molecule has 0 bridgehead atoms. The lowest BCUT2D eigenvalue weighted by atomic mass is 9.96. The molecule has 0 aliphatic carbocycles. The molecule has 0 saturated carbocycles. The number of aliphatic hydroxyl groups is 1. The van der Waals surface area contributed by atoms with Gasteiger partial charge in [-0.3, -0.25) is 0 Å². The molecule has 1 nitrogen and oxygen atoms in total. The summed E-state index contributed by atoms with van der Waals surface area (Å²) >= 11 is 0. The molecule has 1 N–H and O–H groups in total. The highest BCUT2D eigenvalue weighted by Crippen LogP contribution is 2.12. The van der Waals surface area contributed by atoms with Crippen LogP contribution in [0.4, 0.5) is 0 Å². The van der Waals surface area contributed by atoms with Crippen LogP contribution in [0.1, 0.15) is 12.5 Å². The van der Waals surface area contributed by atoms with Gasteiger partial charge in [0.15, 0.2) is 0 Å². The molecule has 70 valence electrons. The van der Waals surface area contributed by atoms with Crippen molar-refractivity contribution in [2.45, 2.75) is 19.4 Å². The van der Waals surface area contributed by atoms with Crippen LogP contribution in [0, 0.1) is 5.92 Å². The molecular formula is C12H16O. The van der Waals surface area contributed by atoms with Crippen LogP contribution in [-0.4, -0.2) is 11.2 Å². The molecule has 0 radical (unpaired) electrons. The monoisotopic (exact) mass is 176 g/mol. The van der Waals surface area contributed by atoms with Crippen LogP contribution in [-0.2, 0) is 6.42 Å². The van der Waals surface area contributed by atoms with Crippen molar-refractivity contribution < 1.29 is 5.11 Å². The van der Waals surface area contributed by atoms with Gasteiger partial charge < -0.3 is 5.11 Å². The Hall–Kier alpha value is -1.08. The van der Waals surface area contributed by atoms with Gasteiger partial charge in [-0.25, -0.2) is 0 Å². The van der Waals surface area contributed by atoms with Crippen molar-refractivity contribution in [3.8, 4) is 0 Å². The molecule has 0 fully saturated rings. The fraction of sp³-hybridized carbons (Fsp3) is 0.333. The van der Waals surface area contributed by atoms with Crippen molar-refractivity contribution in [1.29, 1.82) is 0 Å². The second kappa shape index (κ2) is 4.83. The largest absolute Gasteiger partial charge is 0.389 e. The van der Waals surface area contributed by atoms with Crippen LogP contribution in [0.25, 0.3) is 0 Å². The van der Waals surface area contributed by atoms with E-state index in [-0.39, 0.29) is 5.92 Å². The predicted molar refractivity (Wildman–Crippen MR) is 55.5 cm³/mol. The van der Waals surface area contributed by atoms with Gasteiger partial charge in [-0.2, -0.15) is 0 Å². The topological polar surface area (TPSA) is 20.2 Å². The molecule has 13 heavy (non-hydrogen) atoms. The fourth-order valence-electron chi connectivity index (χ4n) is 1.34. The lowest BCUT2D eigenvalue weighted by molar-refractivity contribution is 0.162. The Labute approximate surface area is 79.7 Å². The molecule has 0 heterocycles. The van der Waals surface area contributed by atoms with Gasteiger partial charge >= 0.3 is 0 Å². The van der Waals surface area contributed by atoms with E-state index in [4.69, 9.17) is 0 Å². The summed E-state index contributed by atoms with van der Waals surface area (Å²) in [6.07, 6.45) is 2.09. The standard InChI is InChI=1S/C12H16O/c1-3-12(13)10(2)9-11-7-5-4-6-8-11/h3-8,10,12-13H,1,9H2,2H3/t10-,12+/m0/s1. The van der Waals surface area contributed by atoms with Gasteiger partial charge in [-0.05, 0) is 17.9 Å². The molecule has 0 aliphatic rings. The highest BCUT2D eigenvalue weighted by Gasteiger charge is 2.10. The summed E-state index contributed by atoms with van der Waals surface area (Å²) in [5.41, 5.74) is 1.26. The Morgan fingerprint density at radius 1 is 1.38 bits per heavy atom. The van der Waals surface area contributed by atoms with Crippen LogP contribution in [0.5, 0.6) is 0 Å². The van der Waals surface area contributed by atoms with E-state index in [0.717, 1.165) is 6.42 Å². The molecule has 0 amide bonds. The quantitative estimate of drug-likeness (QED) is 0.698. The third kappa shape index (κ3) is 3.03. The molecule has 0 spiro atoms. The molecular weight excluding hydrogens is 160 g/mol. The summed E-state index contributed by atoms with van der Waals surface area (Å²) in [6.45, 7) is 5.60. The van der Waals surface area contributed by atoms with Crippen molar-refractivity contribution in [2.24, 2.45) is 5.92 Å². The van der Waals surface area contributed by atoms with E-state index in [2.05, 4.69) is 18.7 Å². The minimum Gasteiger partial charge on any atom is -0.389 e. The van der Waals surface area contributed by atoms with Gasteiger partial charge in [0.2, 0.25) is 0 Å². The number of hydrogen-bond donors (Lipinski definition) is 1. The fourth-order valence-corrected chi connectivity index (χ4v) is 1.34. The number of rotatable bonds is 4. The average Bonchev–Trinajstić information content (AvgIpc) is 2.18. The first-order valence-corrected chi connectivity index (χ1v) is 4.58. The lowest BCUT2D eigenvalue weighted by Crippen LogP contribution is -2.16. The molecule has 0 saturated heterocycles. The van der Waals surface area contributed by atoms with Crippen LogP contribution in [0.15, 0.2) is 43.0 Å². The Morgan fingerprint density at radius 2 is 2.00 bits per heavy atom. The zero-order chi connectivity index (χ0) is 9.68.